The number of halogens is 4. The van der Waals surface area contributed by atoms with Gasteiger partial charge in [-0.05, 0) is 197 Å². The van der Waals surface area contributed by atoms with Gasteiger partial charge in [-0.3, -0.25) is 0 Å². The second-order valence-corrected chi connectivity index (χ2v) is 44.2. The van der Waals surface area contributed by atoms with Crippen LogP contribution >= 0.6 is 0 Å². The molecule has 0 saturated carbocycles. The SMILES string of the molecule is COc1ccc(F)c(-c2ccc(CO)cc2[C@@H](O)C(C)(C)C)c1.COc1ccc(F)c(-c2ccc(CO)cc2[C@H](O)C(C)(C)C)c1.COc1ccc(F)c(-c2ccc(CO[Si](C)(C)C(C)(C)C)cc2[C@@H](O)C(C)(C)C)c1.COc1ccc(F)c(-c2ccc(CO[Si](C)(C)C(C)(C)C)cc2[C@H](O)C(C)(C)C)c1. The topological polar surface area (TPSA) is 177 Å². The normalized spacial score (nSPS) is 13.5. The molecule has 18 heteroatoms. The van der Waals surface area contributed by atoms with E-state index in [1.165, 1.54) is 38.5 Å². The van der Waals surface area contributed by atoms with Gasteiger partial charge in [0.2, 0.25) is 0 Å². The highest BCUT2D eigenvalue weighted by atomic mass is 28.4. The number of aliphatic hydroxyl groups is 6. The Kier molecular flexibility index (Phi) is 30.7. The fourth-order valence-corrected chi connectivity index (χ4v) is 12.8. The van der Waals surface area contributed by atoms with E-state index in [-0.39, 0.29) is 46.6 Å². The van der Waals surface area contributed by atoms with Crippen molar-refractivity contribution in [2.24, 2.45) is 21.7 Å². The predicted octanol–water partition coefficient (Wildman–Crippen LogP) is 22.4. The van der Waals surface area contributed by atoms with E-state index < -0.39 is 62.7 Å². The molecular weight excluding hydrogens is 1380 g/mol. The van der Waals surface area contributed by atoms with Crippen LogP contribution in [0.15, 0.2) is 146 Å². The molecule has 12 nitrogen and oxygen atoms in total. The maximum Gasteiger partial charge on any atom is 0.192 e. The zero-order chi connectivity index (χ0) is 80.2. The quantitative estimate of drug-likeness (QED) is 0.0315. The molecular formula is C88H120F4O12Si2. The van der Waals surface area contributed by atoms with Gasteiger partial charge >= 0.3 is 0 Å². The summed E-state index contributed by atoms with van der Waals surface area (Å²) in [5.41, 5.74) is 8.37. The standard InChI is InChI=1S/2C25H37FO3Si.2C19H23FO3/c2*1-24(2,3)23(27)21-14-17(16-29-30(8,9)25(4,5)6)10-12-19(21)20-15-18(28-7)11-13-22(20)26;2*1-19(2,3)18(22)16-9-12(11-21)5-7-14(16)15-10-13(23-4)6-8-17(15)20/h2*10-15,23,27H,16H2,1-9H3;2*5-10,18,21-22H,11H2,1-4H3/t2*23-;2*18-/m1010/s1. The highest BCUT2D eigenvalue weighted by Crippen LogP contribution is 2.47. The van der Waals surface area contributed by atoms with Gasteiger partial charge in [-0.25, -0.2) is 17.6 Å². The van der Waals surface area contributed by atoms with Gasteiger partial charge in [-0.2, -0.15) is 0 Å². The van der Waals surface area contributed by atoms with Crippen LogP contribution < -0.4 is 18.9 Å². The molecule has 0 aliphatic carbocycles. The first-order valence-electron chi connectivity index (χ1n) is 36.0. The fourth-order valence-electron chi connectivity index (χ4n) is 10.9. The lowest BCUT2D eigenvalue weighted by Gasteiger charge is -2.36. The van der Waals surface area contributed by atoms with Crippen LogP contribution in [0.3, 0.4) is 0 Å². The molecule has 8 aromatic rings. The van der Waals surface area contributed by atoms with Crippen LogP contribution in [0.4, 0.5) is 17.6 Å². The van der Waals surface area contributed by atoms with Crippen LogP contribution in [0.5, 0.6) is 23.0 Å². The molecule has 0 radical (unpaired) electrons. The monoisotopic (exact) mass is 1500 g/mol. The molecule has 0 aromatic heterocycles. The number of rotatable bonds is 20. The molecule has 8 aromatic carbocycles. The van der Waals surface area contributed by atoms with Crippen molar-refractivity contribution in [3.63, 3.8) is 0 Å². The third-order valence-corrected chi connectivity index (χ3v) is 28.9. The minimum absolute atomic E-state index is 0.115. The summed E-state index contributed by atoms with van der Waals surface area (Å²) in [5.74, 6) is 0.787. The van der Waals surface area contributed by atoms with Gasteiger partial charge < -0.3 is 58.4 Å². The van der Waals surface area contributed by atoms with Gasteiger partial charge in [0, 0.05) is 22.3 Å². The third-order valence-electron chi connectivity index (χ3n) is 20.0. The molecule has 0 aliphatic heterocycles. The van der Waals surface area contributed by atoms with Crippen molar-refractivity contribution < 1.29 is 76.0 Å². The van der Waals surface area contributed by atoms with Crippen molar-refractivity contribution in [2.45, 2.75) is 212 Å². The van der Waals surface area contributed by atoms with Crippen molar-refractivity contribution >= 4 is 16.6 Å². The van der Waals surface area contributed by atoms with Crippen molar-refractivity contribution in [1.29, 1.82) is 0 Å². The van der Waals surface area contributed by atoms with Crippen molar-refractivity contribution in [3.8, 4) is 67.5 Å². The van der Waals surface area contributed by atoms with E-state index in [1.807, 2.05) is 119 Å². The number of aliphatic hydroxyl groups excluding tert-OH is 6. The first kappa shape index (κ1) is 89.4. The van der Waals surface area contributed by atoms with Gasteiger partial charge in [0.25, 0.3) is 0 Å². The zero-order valence-electron chi connectivity index (χ0n) is 67.6. The minimum atomic E-state index is -1.91. The minimum Gasteiger partial charge on any atom is -0.497 e. The molecule has 0 amide bonds. The molecule has 0 aliphatic rings. The summed E-state index contributed by atoms with van der Waals surface area (Å²) in [5, 5.41) is 62.6. The molecule has 0 bridgehead atoms. The van der Waals surface area contributed by atoms with E-state index in [1.54, 1.807) is 99.1 Å². The summed E-state index contributed by atoms with van der Waals surface area (Å²) in [6.45, 7) is 46.1. The second kappa shape index (κ2) is 36.3. The average Bonchev–Trinajstić information content (AvgIpc) is 0.784. The van der Waals surface area contributed by atoms with Crippen molar-refractivity contribution in [3.05, 3.63) is 213 Å². The second-order valence-electron chi connectivity index (χ2n) is 34.6. The Bertz CT molecular complexity index is 3940. The summed E-state index contributed by atoms with van der Waals surface area (Å²) in [6.07, 6.45) is -3.11. The molecule has 0 saturated heterocycles. The molecule has 6 N–H and O–H groups in total. The zero-order valence-corrected chi connectivity index (χ0v) is 69.6. The summed E-state index contributed by atoms with van der Waals surface area (Å²) >= 11 is 0. The van der Waals surface area contributed by atoms with Crippen molar-refractivity contribution in [1.82, 2.24) is 0 Å². The number of hydrogen-bond acceptors (Lipinski definition) is 12. The highest BCUT2D eigenvalue weighted by molar-refractivity contribution is 6.74. The lowest BCUT2D eigenvalue weighted by atomic mass is 9.81. The Morgan fingerprint density at radius 1 is 0.292 bits per heavy atom. The molecule has 0 spiro atoms. The number of hydrogen-bond donors (Lipinski definition) is 6. The maximum absolute atomic E-state index is 14.7. The van der Waals surface area contributed by atoms with Gasteiger partial charge in [-0.15, -0.1) is 0 Å². The first-order chi connectivity index (χ1) is 48.9. The summed E-state index contributed by atoms with van der Waals surface area (Å²) in [4.78, 5) is 0. The summed E-state index contributed by atoms with van der Waals surface area (Å²) in [6, 6.07) is 40.3. The Labute approximate surface area is 632 Å². The largest absolute Gasteiger partial charge is 0.497 e. The third kappa shape index (κ3) is 23.4. The fraction of sp³-hybridized carbons (Fsp3) is 0.455. The van der Waals surface area contributed by atoms with Crippen LogP contribution in [0.25, 0.3) is 44.5 Å². The smallest absolute Gasteiger partial charge is 0.192 e. The summed E-state index contributed by atoms with van der Waals surface area (Å²) in [7, 11) is 2.35. The number of benzene rings is 8. The predicted molar refractivity (Wildman–Crippen MR) is 427 cm³/mol. The van der Waals surface area contributed by atoms with Crippen LogP contribution in [0, 0.1) is 44.9 Å². The van der Waals surface area contributed by atoms with Gasteiger partial charge in [0.1, 0.15) is 46.3 Å². The lowest BCUT2D eigenvalue weighted by Crippen LogP contribution is -2.40. The van der Waals surface area contributed by atoms with Crippen LogP contribution in [0.1, 0.15) is 194 Å². The number of ether oxygens (including phenoxy) is 4. The molecule has 0 fully saturated rings. The number of methoxy groups -OCH3 is 4. The van der Waals surface area contributed by atoms with Gasteiger partial charge in [-0.1, -0.05) is 197 Å². The van der Waals surface area contributed by atoms with E-state index in [9.17, 15) is 48.2 Å². The van der Waals surface area contributed by atoms with Crippen LogP contribution in [-0.2, 0) is 35.3 Å². The molecule has 0 heterocycles. The molecule has 0 unspecified atom stereocenters. The van der Waals surface area contributed by atoms with Crippen LogP contribution in [0.2, 0.25) is 36.3 Å². The lowest BCUT2D eigenvalue weighted by molar-refractivity contribution is 0.0629. The Balaban J connectivity index is 0.000000256. The first-order valence-corrected chi connectivity index (χ1v) is 41.8. The van der Waals surface area contributed by atoms with Gasteiger partial charge in [0.05, 0.1) is 79.3 Å². The van der Waals surface area contributed by atoms with E-state index in [0.29, 0.717) is 114 Å². The van der Waals surface area contributed by atoms with Crippen LogP contribution in [-0.4, -0.2) is 75.7 Å². The van der Waals surface area contributed by atoms with E-state index >= 15 is 0 Å². The molecule has 106 heavy (non-hydrogen) atoms. The Morgan fingerprint density at radius 2 is 0.491 bits per heavy atom. The van der Waals surface area contributed by atoms with Gasteiger partial charge in [0.15, 0.2) is 16.6 Å². The molecule has 8 rings (SSSR count). The Morgan fingerprint density at radius 3 is 0.670 bits per heavy atom. The molecule has 4 atom stereocenters. The summed E-state index contributed by atoms with van der Waals surface area (Å²) < 4.78 is 91.7. The van der Waals surface area contributed by atoms with E-state index in [4.69, 9.17) is 27.8 Å². The Hall–Kier alpha value is -7.21. The van der Waals surface area contributed by atoms with E-state index in [2.05, 4.69) is 67.7 Å². The van der Waals surface area contributed by atoms with Crippen molar-refractivity contribution in [2.75, 3.05) is 28.4 Å². The van der Waals surface area contributed by atoms with E-state index in [0.717, 1.165) is 11.1 Å². The molecule has 580 valence electrons. The maximum atomic E-state index is 14.7. The highest BCUT2D eigenvalue weighted by Gasteiger charge is 2.39. The average molecular weight is 1500 g/mol.